The second-order valence-electron chi connectivity index (χ2n) is 10.2. The molecule has 33 heavy (non-hydrogen) atoms. The summed E-state index contributed by atoms with van der Waals surface area (Å²) in [5.74, 6) is 3.37. The molecule has 2 aromatic heterocycles. The molecule has 3 fully saturated rings. The first kappa shape index (κ1) is 21.7. The molecule has 6 rings (SSSR count). The highest BCUT2D eigenvalue weighted by Crippen LogP contribution is 2.49. The third-order valence-electron chi connectivity index (χ3n) is 8.26. The molecule has 8 nitrogen and oxygen atoms in total. The van der Waals surface area contributed by atoms with Crippen molar-refractivity contribution in [2.24, 2.45) is 5.41 Å². The van der Waals surface area contributed by atoms with Gasteiger partial charge in [0.15, 0.2) is 5.82 Å². The number of fused-ring (bicyclic) bond motifs is 1. The molecular formula is C23H29ClN6O2S. The molecule has 0 aromatic carbocycles. The zero-order valence-corrected chi connectivity index (χ0v) is 20.2. The smallest absolute Gasteiger partial charge is 0.227 e. The predicted molar refractivity (Wildman–Crippen MR) is 127 cm³/mol. The van der Waals surface area contributed by atoms with Crippen molar-refractivity contribution in [2.45, 2.75) is 61.3 Å². The van der Waals surface area contributed by atoms with E-state index >= 15 is 0 Å². The molecule has 0 radical (unpaired) electrons. The Morgan fingerprint density at radius 1 is 1.09 bits per heavy atom. The largest absolute Gasteiger partial charge is 0.394 e. The van der Waals surface area contributed by atoms with E-state index in [9.17, 15) is 9.32 Å². The van der Waals surface area contributed by atoms with Gasteiger partial charge in [0.2, 0.25) is 5.95 Å². The lowest BCUT2D eigenvalue weighted by atomic mass is 9.66. The van der Waals surface area contributed by atoms with Gasteiger partial charge in [-0.1, -0.05) is 11.6 Å². The fraction of sp³-hybridized carbons (Fsp3) is 0.652. The van der Waals surface area contributed by atoms with E-state index in [0.29, 0.717) is 33.5 Å². The van der Waals surface area contributed by atoms with Gasteiger partial charge in [-0.2, -0.15) is 4.98 Å². The normalized spacial score (nSPS) is 25.9. The summed E-state index contributed by atoms with van der Waals surface area (Å²) in [6.07, 6.45) is 12.6. The molecule has 2 aliphatic heterocycles. The fourth-order valence-corrected chi connectivity index (χ4v) is 7.25. The molecule has 4 aliphatic rings. The van der Waals surface area contributed by atoms with E-state index in [0.717, 1.165) is 75.6 Å². The van der Waals surface area contributed by atoms with Gasteiger partial charge in [0.1, 0.15) is 5.82 Å². The first-order valence-corrected chi connectivity index (χ1v) is 13.6. The highest BCUT2D eigenvalue weighted by molar-refractivity contribution is 7.85. The van der Waals surface area contributed by atoms with E-state index in [2.05, 4.69) is 24.8 Å². The van der Waals surface area contributed by atoms with Crippen LogP contribution in [0, 0.1) is 5.41 Å². The van der Waals surface area contributed by atoms with Gasteiger partial charge in [-0.25, -0.2) is 15.0 Å². The molecule has 2 aromatic rings. The van der Waals surface area contributed by atoms with Gasteiger partial charge < -0.3 is 14.9 Å². The van der Waals surface area contributed by atoms with Crippen molar-refractivity contribution in [1.29, 1.82) is 0 Å². The number of rotatable bonds is 4. The Labute approximate surface area is 201 Å². The first-order valence-electron chi connectivity index (χ1n) is 11.9. The topological polar surface area (TPSA) is 95.3 Å². The van der Waals surface area contributed by atoms with Crippen LogP contribution in [-0.4, -0.2) is 66.8 Å². The van der Waals surface area contributed by atoms with Crippen LogP contribution in [0.25, 0.3) is 0 Å². The molecule has 176 valence electrons. The summed E-state index contributed by atoms with van der Waals surface area (Å²) in [6, 6.07) is 0. The van der Waals surface area contributed by atoms with Crippen molar-refractivity contribution < 1.29 is 9.32 Å². The van der Waals surface area contributed by atoms with Crippen molar-refractivity contribution in [3.05, 3.63) is 29.4 Å². The molecule has 4 heterocycles. The average molecular weight is 489 g/mol. The molecule has 0 unspecified atom stereocenters. The van der Waals surface area contributed by atoms with Gasteiger partial charge in [0, 0.05) is 49.1 Å². The summed E-state index contributed by atoms with van der Waals surface area (Å²) >= 11 is 5.93. The number of halogens is 1. The number of aromatic nitrogens is 4. The number of hydrogen-bond acceptors (Lipinski definition) is 8. The number of aliphatic hydroxyl groups is 1. The zero-order valence-electron chi connectivity index (χ0n) is 18.6. The summed E-state index contributed by atoms with van der Waals surface area (Å²) in [5, 5.41) is 10.7. The van der Waals surface area contributed by atoms with Crippen molar-refractivity contribution in [1.82, 2.24) is 19.9 Å². The Hall–Kier alpha value is -1.84. The van der Waals surface area contributed by atoms with E-state index in [1.165, 1.54) is 0 Å². The van der Waals surface area contributed by atoms with Gasteiger partial charge in [0.25, 0.3) is 0 Å². The summed E-state index contributed by atoms with van der Waals surface area (Å²) < 4.78 is 12.6. The second kappa shape index (κ2) is 8.13. The molecule has 1 spiro atoms. The minimum Gasteiger partial charge on any atom is -0.394 e. The van der Waals surface area contributed by atoms with Crippen LogP contribution in [0.5, 0.6) is 0 Å². The lowest BCUT2D eigenvalue weighted by Gasteiger charge is -2.54. The van der Waals surface area contributed by atoms with Gasteiger partial charge in [0.05, 0.1) is 39.1 Å². The number of anilines is 2. The SMILES string of the molecule is O=[S@]1CCN(C2(CO)CCC2)c2nc(N3CC4(CCC(c5ncc(Cl)cn5)CC4)C3)ncc21. The Morgan fingerprint density at radius 2 is 1.82 bits per heavy atom. The molecular weight excluding hydrogens is 460 g/mol. The summed E-state index contributed by atoms with van der Waals surface area (Å²) in [6.45, 7) is 2.70. The van der Waals surface area contributed by atoms with E-state index in [4.69, 9.17) is 16.6 Å². The summed E-state index contributed by atoms with van der Waals surface area (Å²) in [5.41, 5.74) is 0.0638. The van der Waals surface area contributed by atoms with Crippen LogP contribution in [0.1, 0.15) is 56.7 Å². The Morgan fingerprint density at radius 3 is 2.45 bits per heavy atom. The Bertz CT molecular complexity index is 1060. The lowest BCUT2D eigenvalue weighted by molar-refractivity contribution is 0.115. The Balaban J connectivity index is 1.16. The maximum absolute atomic E-state index is 12.6. The third kappa shape index (κ3) is 3.63. The maximum Gasteiger partial charge on any atom is 0.227 e. The van der Waals surface area contributed by atoms with Gasteiger partial charge in [-0.3, -0.25) is 4.21 Å². The molecule has 0 bridgehead atoms. The molecule has 2 saturated carbocycles. The van der Waals surface area contributed by atoms with E-state index in [1.54, 1.807) is 18.6 Å². The molecule has 1 atom stereocenters. The monoisotopic (exact) mass is 488 g/mol. The Kier molecular flexibility index (Phi) is 5.34. The standard InChI is InChI=1S/C23H29ClN6O2S/c24-17-10-25-19(26-11-17)16-2-6-22(7-3-16)13-29(14-22)21-27-12-18-20(28-21)30(8-9-33(18)32)23(15-31)4-1-5-23/h10-12,16,31H,1-9,13-15H2/t33-/m0/s1. The highest BCUT2D eigenvalue weighted by atomic mass is 35.5. The first-order chi connectivity index (χ1) is 16.0. The van der Waals surface area contributed by atoms with Crippen molar-refractivity contribution >= 4 is 34.2 Å². The van der Waals surface area contributed by atoms with Crippen LogP contribution in [0.15, 0.2) is 23.5 Å². The second-order valence-corrected chi connectivity index (χ2v) is 12.2. The summed E-state index contributed by atoms with van der Waals surface area (Å²) in [7, 11) is -1.08. The molecule has 1 saturated heterocycles. The molecule has 1 N–H and O–H groups in total. The van der Waals surface area contributed by atoms with Crippen LogP contribution in [0.2, 0.25) is 5.02 Å². The van der Waals surface area contributed by atoms with E-state index in [1.807, 2.05) is 0 Å². The van der Waals surface area contributed by atoms with Crippen LogP contribution in [-0.2, 0) is 10.8 Å². The number of hydrogen-bond donors (Lipinski definition) is 1. The average Bonchev–Trinajstić information content (AvgIpc) is 2.79. The predicted octanol–water partition coefficient (Wildman–Crippen LogP) is 2.93. The van der Waals surface area contributed by atoms with Gasteiger partial charge in [-0.05, 0) is 44.9 Å². The summed E-state index contributed by atoms with van der Waals surface area (Å²) in [4.78, 5) is 23.5. The highest BCUT2D eigenvalue weighted by Gasteiger charge is 2.48. The molecule has 0 amide bonds. The third-order valence-corrected chi connectivity index (χ3v) is 9.79. The maximum atomic E-state index is 12.6. The molecule has 2 aliphatic carbocycles. The lowest BCUT2D eigenvalue weighted by Crippen LogP contribution is -2.60. The van der Waals surface area contributed by atoms with Crippen LogP contribution in [0.4, 0.5) is 11.8 Å². The van der Waals surface area contributed by atoms with Crippen LogP contribution in [0.3, 0.4) is 0 Å². The van der Waals surface area contributed by atoms with Gasteiger partial charge >= 0.3 is 0 Å². The van der Waals surface area contributed by atoms with Gasteiger partial charge in [-0.15, -0.1) is 0 Å². The van der Waals surface area contributed by atoms with E-state index < -0.39 is 10.8 Å². The van der Waals surface area contributed by atoms with Crippen LogP contribution < -0.4 is 9.80 Å². The molecule has 10 heteroatoms. The van der Waals surface area contributed by atoms with Crippen LogP contribution >= 0.6 is 11.6 Å². The number of aliphatic hydroxyl groups excluding tert-OH is 1. The minimum atomic E-state index is -1.08. The van der Waals surface area contributed by atoms with E-state index in [-0.39, 0.29) is 12.1 Å². The van der Waals surface area contributed by atoms with Crippen molar-refractivity contribution in [3.63, 3.8) is 0 Å². The number of nitrogens with zero attached hydrogens (tertiary/aromatic N) is 6. The van der Waals surface area contributed by atoms with Crippen molar-refractivity contribution in [3.8, 4) is 0 Å². The zero-order chi connectivity index (χ0) is 22.6. The van der Waals surface area contributed by atoms with Crippen molar-refractivity contribution in [2.75, 3.05) is 41.8 Å². The quantitative estimate of drug-likeness (QED) is 0.701. The minimum absolute atomic E-state index is 0.115. The fourth-order valence-electron chi connectivity index (χ4n) is 6.05.